The molecule has 0 bridgehead atoms. The van der Waals surface area contributed by atoms with Gasteiger partial charge in [0, 0.05) is 18.7 Å². The monoisotopic (exact) mass is 234 g/mol. The van der Waals surface area contributed by atoms with E-state index < -0.39 is 0 Å². The van der Waals surface area contributed by atoms with Gasteiger partial charge in [0.1, 0.15) is 0 Å². The fraction of sp³-hybridized carbons (Fsp3) is 0.500. The Kier molecular flexibility index (Phi) is 6.15. The number of rotatable bonds is 7. The van der Waals surface area contributed by atoms with Gasteiger partial charge in [0.05, 0.1) is 0 Å². The van der Waals surface area contributed by atoms with Gasteiger partial charge in [0.2, 0.25) is 5.91 Å². The van der Waals surface area contributed by atoms with Crippen LogP contribution >= 0.6 is 0 Å². The van der Waals surface area contributed by atoms with Gasteiger partial charge in [-0.2, -0.15) is 0 Å². The maximum atomic E-state index is 11.5. The molecule has 94 valence electrons. The lowest BCUT2D eigenvalue weighted by Crippen LogP contribution is -2.24. The van der Waals surface area contributed by atoms with Gasteiger partial charge < -0.3 is 11.1 Å². The van der Waals surface area contributed by atoms with Crippen molar-refractivity contribution in [1.29, 1.82) is 0 Å². The van der Waals surface area contributed by atoms with Crippen LogP contribution in [0.2, 0.25) is 0 Å². The highest BCUT2D eigenvalue weighted by molar-refractivity contribution is 5.76. The van der Waals surface area contributed by atoms with Crippen molar-refractivity contribution >= 4 is 11.6 Å². The maximum Gasteiger partial charge on any atom is 0.220 e. The summed E-state index contributed by atoms with van der Waals surface area (Å²) in [6.07, 6.45) is 4.64. The Balaban J connectivity index is 2.22. The number of amides is 1. The lowest BCUT2D eigenvalue weighted by atomic mass is 10.1. The molecule has 0 saturated heterocycles. The summed E-state index contributed by atoms with van der Waals surface area (Å²) < 4.78 is 0. The SMILES string of the molecule is CCCCCNC(=O)CCc1ccccc1N. The number of aryl methyl sites for hydroxylation is 1. The molecule has 0 aliphatic carbocycles. The van der Waals surface area contributed by atoms with Crippen molar-refractivity contribution in [3.63, 3.8) is 0 Å². The molecule has 3 heteroatoms. The predicted octanol–water partition coefficient (Wildman–Crippen LogP) is 2.51. The zero-order valence-corrected chi connectivity index (χ0v) is 10.5. The van der Waals surface area contributed by atoms with Crippen LogP contribution in [0.25, 0.3) is 0 Å². The van der Waals surface area contributed by atoms with Crippen molar-refractivity contribution in [2.75, 3.05) is 12.3 Å². The largest absolute Gasteiger partial charge is 0.399 e. The number of nitrogens with one attached hydrogen (secondary N) is 1. The van der Waals surface area contributed by atoms with Crippen molar-refractivity contribution in [1.82, 2.24) is 5.32 Å². The van der Waals surface area contributed by atoms with Crippen LogP contribution in [0.5, 0.6) is 0 Å². The first-order chi connectivity index (χ1) is 8.24. The van der Waals surface area contributed by atoms with Gasteiger partial charge in [0.25, 0.3) is 0 Å². The van der Waals surface area contributed by atoms with E-state index in [-0.39, 0.29) is 5.91 Å². The minimum atomic E-state index is 0.115. The standard InChI is InChI=1S/C14H22N2O/c1-2-3-6-11-16-14(17)10-9-12-7-4-5-8-13(12)15/h4-5,7-8H,2-3,6,9-11,15H2,1H3,(H,16,17). The predicted molar refractivity (Wildman–Crippen MR) is 71.7 cm³/mol. The third kappa shape index (κ3) is 5.38. The summed E-state index contributed by atoms with van der Waals surface area (Å²) in [5.74, 6) is 0.115. The van der Waals surface area contributed by atoms with Gasteiger partial charge in [-0.1, -0.05) is 38.0 Å². The van der Waals surface area contributed by atoms with Gasteiger partial charge in [0.15, 0.2) is 0 Å². The summed E-state index contributed by atoms with van der Waals surface area (Å²) in [6, 6.07) is 7.70. The summed E-state index contributed by atoms with van der Waals surface area (Å²) in [6.45, 7) is 2.94. The molecule has 0 aliphatic rings. The second kappa shape index (κ2) is 7.71. The third-order valence-electron chi connectivity index (χ3n) is 2.78. The molecule has 1 rings (SSSR count). The highest BCUT2D eigenvalue weighted by atomic mass is 16.1. The van der Waals surface area contributed by atoms with Crippen LogP contribution < -0.4 is 11.1 Å². The van der Waals surface area contributed by atoms with E-state index in [1.54, 1.807) is 0 Å². The fourth-order valence-electron chi connectivity index (χ4n) is 1.70. The smallest absolute Gasteiger partial charge is 0.220 e. The van der Waals surface area contributed by atoms with E-state index in [1.165, 1.54) is 12.8 Å². The van der Waals surface area contributed by atoms with Gasteiger partial charge in [-0.15, -0.1) is 0 Å². The van der Waals surface area contributed by atoms with E-state index in [1.807, 2.05) is 24.3 Å². The minimum absolute atomic E-state index is 0.115. The molecule has 1 aromatic carbocycles. The molecule has 1 amide bonds. The first-order valence-electron chi connectivity index (χ1n) is 6.34. The zero-order chi connectivity index (χ0) is 12.5. The molecule has 0 fully saturated rings. The Morgan fingerprint density at radius 2 is 2.06 bits per heavy atom. The van der Waals surface area contributed by atoms with E-state index in [9.17, 15) is 4.79 Å². The molecule has 0 radical (unpaired) electrons. The van der Waals surface area contributed by atoms with E-state index in [0.717, 1.165) is 24.2 Å². The van der Waals surface area contributed by atoms with Crippen LogP contribution in [-0.4, -0.2) is 12.5 Å². The lowest BCUT2D eigenvalue weighted by molar-refractivity contribution is -0.121. The Morgan fingerprint density at radius 1 is 1.29 bits per heavy atom. The van der Waals surface area contributed by atoms with E-state index >= 15 is 0 Å². The van der Waals surface area contributed by atoms with Crippen LogP contribution in [0.15, 0.2) is 24.3 Å². The molecule has 0 aliphatic heterocycles. The Labute approximate surface area is 103 Å². The van der Waals surface area contributed by atoms with Crippen LogP contribution in [0, 0.1) is 0 Å². The highest BCUT2D eigenvalue weighted by Crippen LogP contribution is 2.12. The molecule has 0 atom stereocenters. The van der Waals surface area contributed by atoms with Gasteiger partial charge in [-0.3, -0.25) is 4.79 Å². The Morgan fingerprint density at radius 3 is 2.76 bits per heavy atom. The Hall–Kier alpha value is -1.51. The molecule has 3 N–H and O–H groups in total. The quantitative estimate of drug-likeness (QED) is 0.562. The summed E-state index contributed by atoms with van der Waals surface area (Å²) in [4.78, 5) is 11.5. The highest BCUT2D eigenvalue weighted by Gasteiger charge is 2.03. The number of para-hydroxylation sites is 1. The number of hydrogen-bond acceptors (Lipinski definition) is 2. The van der Waals surface area contributed by atoms with Crippen molar-refractivity contribution in [3.05, 3.63) is 29.8 Å². The number of hydrogen-bond donors (Lipinski definition) is 2. The van der Waals surface area contributed by atoms with Gasteiger partial charge >= 0.3 is 0 Å². The summed E-state index contributed by atoms with van der Waals surface area (Å²) in [7, 11) is 0. The number of nitrogens with two attached hydrogens (primary N) is 1. The number of nitrogen functional groups attached to an aromatic ring is 1. The molecule has 17 heavy (non-hydrogen) atoms. The topological polar surface area (TPSA) is 55.1 Å². The first kappa shape index (κ1) is 13.6. The molecule has 0 spiro atoms. The number of benzene rings is 1. The Bertz CT molecular complexity index is 350. The molecule has 0 aromatic heterocycles. The third-order valence-corrected chi connectivity index (χ3v) is 2.78. The fourth-order valence-corrected chi connectivity index (χ4v) is 1.70. The van der Waals surface area contributed by atoms with E-state index in [4.69, 9.17) is 5.73 Å². The van der Waals surface area contributed by atoms with Crippen LogP contribution in [0.4, 0.5) is 5.69 Å². The maximum absolute atomic E-state index is 11.5. The van der Waals surface area contributed by atoms with Crippen LogP contribution in [0.3, 0.4) is 0 Å². The van der Waals surface area contributed by atoms with Gasteiger partial charge in [-0.05, 0) is 24.5 Å². The average molecular weight is 234 g/mol. The molecule has 0 unspecified atom stereocenters. The van der Waals surface area contributed by atoms with Crippen LogP contribution in [0.1, 0.15) is 38.2 Å². The minimum Gasteiger partial charge on any atom is -0.399 e. The average Bonchev–Trinajstić information content (AvgIpc) is 2.34. The molecule has 1 aromatic rings. The van der Waals surface area contributed by atoms with Gasteiger partial charge in [-0.25, -0.2) is 0 Å². The summed E-state index contributed by atoms with van der Waals surface area (Å²) in [5, 5.41) is 2.93. The first-order valence-corrected chi connectivity index (χ1v) is 6.34. The summed E-state index contributed by atoms with van der Waals surface area (Å²) in [5.41, 5.74) is 7.64. The molecule has 3 nitrogen and oxygen atoms in total. The van der Waals surface area contributed by atoms with Crippen LogP contribution in [-0.2, 0) is 11.2 Å². The zero-order valence-electron chi connectivity index (χ0n) is 10.5. The molecule has 0 heterocycles. The van der Waals surface area contributed by atoms with Crippen molar-refractivity contribution in [3.8, 4) is 0 Å². The van der Waals surface area contributed by atoms with Crippen molar-refractivity contribution in [2.24, 2.45) is 0 Å². The molecular formula is C14H22N2O. The molecular weight excluding hydrogens is 212 g/mol. The van der Waals surface area contributed by atoms with Crippen molar-refractivity contribution in [2.45, 2.75) is 39.0 Å². The normalized spacial score (nSPS) is 10.2. The lowest BCUT2D eigenvalue weighted by Gasteiger charge is -2.06. The summed E-state index contributed by atoms with van der Waals surface area (Å²) >= 11 is 0. The molecule has 0 saturated carbocycles. The number of anilines is 1. The second-order valence-electron chi connectivity index (χ2n) is 4.26. The van der Waals surface area contributed by atoms with E-state index in [2.05, 4.69) is 12.2 Å². The van der Waals surface area contributed by atoms with E-state index in [0.29, 0.717) is 12.8 Å². The number of carbonyl (C=O) groups is 1. The second-order valence-corrected chi connectivity index (χ2v) is 4.26. The number of unbranched alkanes of at least 4 members (excludes halogenated alkanes) is 2. The number of carbonyl (C=O) groups excluding carboxylic acids is 1. The van der Waals surface area contributed by atoms with Crippen molar-refractivity contribution < 1.29 is 4.79 Å².